The van der Waals surface area contributed by atoms with Gasteiger partial charge in [-0.15, -0.1) is 0 Å². The number of nitrogens with one attached hydrogen (secondary N) is 1. The Balaban J connectivity index is 3.95. The molecular weight excluding hydrogens is 130 g/mol. The molecule has 0 fully saturated rings. The van der Waals surface area contributed by atoms with Gasteiger partial charge in [-0.3, -0.25) is 14.1 Å². The van der Waals surface area contributed by atoms with Crippen LogP contribution in [-0.2, 0) is 14.8 Å². The molecule has 0 aliphatic heterocycles. The fraction of sp³-hybridized carbons (Fsp3) is 0.333. The summed E-state index contributed by atoms with van der Waals surface area (Å²) in [5, 5.41) is 0. The highest BCUT2D eigenvalue weighted by molar-refractivity contribution is 7.93. The van der Waals surface area contributed by atoms with Crippen molar-refractivity contribution in [3.05, 3.63) is 0 Å². The SMILES string of the molecule is C=S(=O)(O)NC(C)=O. The number of amides is 1. The Kier molecular flexibility index (Phi) is 2.00. The molecule has 5 heteroatoms. The van der Waals surface area contributed by atoms with Crippen LogP contribution < -0.4 is 4.72 Å². The standard InChI is InChI=1S/C3H7NO3S/c1-3(5)4-8(2,6)7/h2H2,1H3,(H2,4,5,6,7). The maximum Gasteiger partial charge on any atom is 0.229 e. The third-order valence-corrected chi connectivity index (χ3v) is 0.910. The molecule has 0 radical (unpaired) electrons. The summed E-state index contributed by atoms with van der Waals surface area (Å²) in [4.78, 5) is 9.97. The molecule has 0 aromatic carbocycles. The third-order valence-electron chi connectivity index (χ3n) is 0.303. The Morgan fingerprint density at radius 3 is 2.25 bits per heavy atom. The van der Waals surface area contributed by atoms with Crippen LogP contribution in [0.4, 0.5) is 0 Å². The van der Waals surface area contributed by atoms with E-state index < -0.39 is 15.9 Å². The minimum absolute atomic E-state index is 0.562. The Morgan fingerprint density at radius 1 is 1.88 bits per heavy atom. The van der Waals surface area contributed by atoms with Gasteiger partial charge in [-0.25, -0.2) is 4.21 Å². The van der Waals surface area contributed by atoms with Gasteiger partial charge in [-0.2, -0.15) is 0 Å². The number of hydrogen-bond acceptors (Lipinski definition) is 2. The lowest BCUT2D eigenvalue weighted by molar-refractivity contribution is -0.117. The summed E-state index contributed by atoms with van der Waals surface area (Å²) in [6.07, 6.45) is 0. The van der Waals surface area contributed by atoms with Crippen molar-refractivity contribution >= 4 is 21.8 Å². The van der Waals surface area contributed by atoms with Crippen molar-refractivity contribution < 1.29 is 13.6 Å². The minimum atomic E-state index is -3.32. The van der Waals surface area contributed by atoms with Gasteiger partial charge in [0.15, 0.2) is 9.99 Å². The summed E-state index contributed by atoms with van der Waals surface area (Å²) in [6.45, 7) is 1.14. The van der Waals surface area contributed by atoms with E-state index in [1.165, 1.54) is 0 Å². The summed E-state index contributed by atoms with van der Waals surface area (Å²) in [6, 6.07) is 0. The summed E-state index contributed by atoms with van der Waals surface area (Å²) < 4.78 is 20.1. The topological polar surface area (TPSA) is 66.4 Å². The molecule has 1 unspecified atom stereocenters. The van der Waals surface area contributed by atoms with Gasteiger partial charge in [-0.05, 0) is 5.87 Å². The predicted octanol–water partition coefficient (Wildman–Crippen LogP) is -0.773. The zero-order valence-electron chi connectivity index (χ0n) is 4.38. The van der Waals surface area contributed by atoms with Crippen molar-refractivity contribution in [3.63, 3.8) is 0 Å². The van der Waals surface area contributed by atoms with Crippen molar-refractivity contribution in [1.82, 2.24) is 4.72 Å². The fourth-order valence-corrected chi connectivity index (χ4v) is 0.674. The molecule has 48 valence electrons. The van der Waals surface area contributed by atoms with E-state index in [4.69, 9.17) is 4.55 Å². The lowest BCUT2D eigenvalue weighted by Gasteiger charge is -1.97. The first kappa shape index (κ1) is 7.45. The molecule has 0 aromatic heterocycles. The van der Waals surface area contributed by atoms with Crippen LogP contribution in [0.5, 0.6) is 0 Å². The van der Waals surface area contributed by atoms with Crippen LogP contribution in [-0.4, -0.2) is 20.5 Å². The van der Waals surface area contributed by atoms with Crippen LogP contribution in [0.1, 0.15) is 6.92 Å². The van der Waals surface area contributed by atoms with Gasteiger partial charge < -0.3 is 0 Å². The van der Waals surface area contributed by atoms with E-state index in [1.807, 2.05) is 0 Å². The van der Waals surface area contributed by atoms with Gasteiger partial charge >= 0.3 is 0 Å². The molecular formula is C3H7NO3S. The van der Waals surface area contributed by atoms with Gasteiger partial charge in [-0.1, -0.05) is 0 Å². The third kappa shape index (κ3) is 5.45. The molecule has 2 N–H and O–H groups in total. The molecule has 1 atom stereocenters. The van der Waals surface area contributed by atoms with E-state index in [-0.39, 0.29) is 0 Å². The van der Waals surface area contributed by atoms with Crippen molar-refractivity contribution in [2.75, 3.05) is 0 Å². The van der Waals surface area contributed by atoms with E-state index >= 15 is 0 Å². The van der Waals surface area contributed by atoms with Gasteiger partial charge in [0.05, 0.1) is 0 Å². The Bertz CT molecular complexity index is 181. The molecule has 0 spiro atoms. The molecule has 0 aliphatic rings. The summed E-state index contributed by atoms with van der Waals surface area (Å²) in [7, 11) is -3.32. The zero-order chi connectivity index (χ0) is 6.78. The largest absolute Gasteiger partial charge is 0.299 e. The quantitative estimate of drug-likeness (QED) is 0.466. The second-order valence-corrected chi connectivity index (χ2v) is 2.78. The number of rotatable bonds is 1. The molecule has 0 saturated carbocycles. The highest BCUT2D eigenvalue weighted by Crippen LogP contribution is 1.70. The predicted molar refractivity (Wildman–Crippen MR) is 31.7 cm³/mol. The smallest absolute Gasteiger partial charge is 0.229 e. The molecule has 0 aliphatic carbocycles. The maximum atomic E-state index is 10.1. The lowest BCUT2D eigenvalue weighted by atomic mass is 10.8. The van der Waals surface area contributed by atoms with E-state index in [0.29, 0.717) is 0 Å². The van der Waals surface area contributed by atoms with Gasteiger partial charge in [0.1, 0.15) is 0 Å². The second-order valence-electron chi connectivity index (χ2n) is 1.30. The first-order valence-corrected chi connectivity index (χ1v) is 3.48. The molecule has 0 heterocycles. The first-order valence-electron chi connectivity index (χ1n) is 1.80. The Morgan fingerprint density at radius 2 is 2.25 bits per heavy atom. The van der Waals surface area contributed by atoms with E-state index in [2.05, 4.69) is 5.87 Å². The molecule has 1 amide bonds. The van der Waals surface area contributed by atoms with Crippen molar-refractivity contribution in [2.45, 2.75) is 6.92 Å². The van der Waals surface area contributed by atoms with Crippen LogP contribution in [0.15, 0.2) is 0 Å². The van der Waals surface area contributed by atoms with E-state index in [0.717, 1.165) is 6.92 Å². The van der Waals surface area contributed by atoms with Gasteiger partial charge in [0, 0.05) is 6.92 Å². The fourth-order valence-electron chi connectivity index (χ4n) is 0.225. The summed E-state index contributed by atoms with van der Waals surface area (Å²) >= 11 is 0. The number of hydrogen-bond donors (Lipinski definition) is 2. The van der Waals surface area contributed by atoms with Crippen molar-refractivity contribution in [1.29, 1.82) is 0 Å². The number of carbonyl (C=O) groups excluding carboxylic acids is 1. The normalized spacial score (nSPS) is 16.8. The average molecular weight is 137 g/mol. The van der Waals surface area contributed by atoms with Crippen molar-refractivity contribution in [3.8, 4) is 0 Å². The highest BCUT2D eigenvalue weighted by atomic mass is 32.2. The average Bonchev–Trinajstić information content (AvgIpc) is 1.21. The molecule has 0 rings (SSSR count). The maximum absolute atomic E-state index is 10.1. The monoisotopic (exact) mass is 137 g/mol. The number of carbonyl (C=O) groups is 1. The van der Waals surface area contributed by atoms with Crippen LogP contribution in [0.2, 0.25) is 0 Å². The zero-order valence-corrected chi connectivity index (χ0v) is 5.20. The van der Waals surface area contributed by atoms with Crippen LogP contribution >= 0.6 is 0 Å². The minimum Gasteiger partial charge on any atom is -0.299 e. The molecule has 0 bridgehead atoms. The Labute approximate surface area is 47.9 Å². The molecule has 4 nitrogen and oxygen atoms in total. The van der Waals surface area contributed by atoms with E-state index in [9.17, 15) is 9.00 Å². The molecule has 8 heavy (non-hydrogen) atoms. The van der Waals surface area contributed by atoms with Gasteiger partial charge in [0.25, 0.3) is 0 Å². The summed E-state index contributed by atoms with van der Waals surface area (Å²) in [5.74, 6) is 2.20. The van der Waals surface area contributed by atoms with Crippen LogP contribution in [0.25, 0.3) is 0 Å². The van der Waals surface area contributed by atoms with Crippen molar-refractivity contribution in [2.24, 2.45) is 0 Å². The van der Waals surface area contributed by atoms with Crippen LogP contribution in [0.3, 0.4) is 0 Å². The Hall–Kier alpha value is -0.550. The van der Waals surface area contributed by atoms with Crippen LogP contribution in [0, 0.1) is 0 Å². The lowest BCUT2D eigenvalue weighted by Crippen LogP contribution is -2.26. The highest BCUT2D eigenvalue weighted by Gasteiger charge is 1.95. The molecule has 0 aromatic rings. The van der Waals surface area contributed by atoms with E-state index in [1.54, 1.807) is 4.72 Å². The molecule has 0 saturated heterocycles. The second kappa shape index (κ2) is 2.15. The summed E-state index contributed by atoms with van der Waals surface area (Å²) in [5.41, 5.74) is 0. The first-order chi connectivity index (χ1) is 3.42. The van der Waals surface area contributed by atoms with Gasteiger partial charge in [0.2, 0.25) is 5.91 Å².